The molecule has 0 radical (unpaired) electrons. The fraction of sp³-hybridized carbons (Fsp3) is 0.308. The van der Waals surface area contributed by atoms with Crippen molar-refractivity contribution in [3.8, 4) is 0 Å². The summed E-state index contributed by atoms with van der Waals surface area (Å²) in [6.07, 6.45) is 0. The lowest BCUT2D eigenvalue weighted by Crippen LogP contribution is -2.16. The minimum atomic E-state index is -1.07. The maximum Gasteiger partial charge on any atom is 0.150 e. The van der Waals surface area contributed by atoms with Gasteiger partial charge >= 0.3 is 0 Å². The summed E-state index contributed by atoms with van der Waals surface area (Å²) in [5.74, 6) is -0.471. The Hall–Kier alpha value is -1.19. The average Bonchev–Trinajstić information content (AvgIpc) is 2.16. The number of nitrogens with zero attached hydrogens (tertiary/aromatic N) is 1. The molecule has 1 N–H and O–H groups in total. The van der Waals surface area contributed by atoms with E-state index in [1.54, 1.807) is 32.9 Å². The summed E-state index contributed by atoms with van der Waals surface area (Å²) in [4.78, 5) is 4.15. The minimum absolute atomic E-state index is 0.242. The standard InChI is InChI=1S/C13H13ClFNO/c1-7-4-10(13(2,3)17)9-5-8(14)6-11(15)12(9)16-7/h4-6,17H,1-3H3. The molecule has 0 aliphatic heterocycles. The van der Waals surface area contributed by atoms with Crippen molar-refractivity contribution in [2.45, 2.75) is 26.4 Å². The maximum atomic E-state index is 13.8. The summed E-state index contributed by atoms with van der Waals surface area (Å²) >= 11 is 5.84. The Kier molecular flexibility index (Phi) is 2.84. The third kappa shape index (κ3) is 2.26. The van der Waals surface area contributed by atoms with Crippen LogP contribution in [0, 0.1) is 12.7 Å². The van der Waals surface area contributed by atoms with Crippen LogP contribution in [-0.2, 0) is 5.60 Å². The van der Waals surface area contributed by atoms with Gasteiger partial charge < -0.3 is 5.11 Å². The number of pyridine rings is 1. The van der Waals surface area contributed by atoms with Gasteiger partial charge in [-0.1, -0.05) is 11.6 Å². The zero-order valence-corrected chi connectivity index (χ0v) is 10.6. The van der Waals surface area contributed by atoms with Gasteiger partial charge in [-0.25, -0.2) is 4.39 Å². The molecule has 1 aromatic carbocycles. The molecule has 0 aliphatic carbocycles. The number of hydrogen-bond acceptors (Lipinski definition) is 2. The Bertz CT molecular complexity index is 590. The molecule has 0 fully saturated rings. The van der Waals surface area contributed by atoms with Crippen LogP contribution < -0.4 is 0 Å². The number of aromatic nitrogens is 1. The van der Waals surface area contributed by atoms with Gasteiger partial charge in [0.25, 0.3) is 0 Å². The molecule has 4 heteroatoms. The fourth-order valence-corrected chi connectivity index (χ4v) is 2.09. The van der Waals surface area contributed by atoms with Crippen LogP contribution >= 0.6 is 11.6 Å². The van der Waals surface area contributed by atoms with E-state index in [2.05, 4.69) is 4.98 Å². The lowest BCUT2D eigenvalue weighted by molar-refractivity contribution is 0.0800. The van der Waals surface area contributed by atoms with Gasteiger partial charge in [-0.15, -0.1) is 0 Å². The molecule has 17 heavy (non-hydrogen) atoms. The van der Waals surface area contributed by atoms with Crippen LogP contribution in [0.2, 0.25) is 5.02 Å². The van der Waals surface area contributed by atoms with Gasteiger partial charge in [0, 0.05) is 16.1 Å². The van der Waals surface area contributed by atoms with Gasteiger partial charge in [0.1, 0.15) is 5.52 Å². The molecule has 0 saturated carbocycles. The van der Waals surface area contributed by atoms with Crippen LogP contribution in [-0.4, -0.2) is 10.1 Å². The first-order valence-electron chi connectivity index (χ1n) is 5.28. The van der Waals surface area contributed by atoms with E-state index < -0.39 is 11.4 Å². The lowest BCUT2D eigenvalue weighted by atomic mass is 9.94. The molecule has 0 spiro atoms. The zero-order valence-electron chi connectivity index (χ0n) is 9.88. The predicted octanol–water partition coefficient (Wildman–Crippen LogP) is 3.56. The van der Waals surface area contributed by atoms with Crippen molar-refractivity contribution in [2.24, 2.45) is 0 Å². The van der Waals surface area contributed by atoms with E-state index in [1.807, 2.05) is 0 Å². The molecule has 0 aliphatic rings. The van der Waals surface area contributed by atoms with Crippen LogP contribution in [0.1, 0.15) is 25.1 Å². The second-order valence-corrected chi connectivity index (χ2v) is 5.09. The third-order valence-electron chi connectivity index (χ3n) is 2.62. The summed E-state index contributed by atoms with van der Waals surface area (Å²) in [7, 11) is 0. The van der Waals surface area contributed by atoms with E-state index in [9.17, 15) is 9.50 Å². The SMILES string of the molecule is Cc1cc(C(C)(C)O)c2cc(Cl)cc(F)c2n1. The Labute approximate surface area is 104 Å². The van der Waals surface area contributed by atoms with Crippen LogP contribution in [0.3, 0.4) is 0 Å². The highest BCUT2D eigenvalue weighted by molar-refractivity contribution is 6.31. The summed E-state index contributed by atoms with van der Waals surface area (Å²) in [5, 5.41) is 10.9. The number of benzene rings is 1. The summed E-state index contributed by atoms with van der Waals surface area (Å²) in [6.45, 7) is 5.07. The summed E-state index contributed by atoms with van der Waals surface area (Å²) in [5.41, 5.74) is 0.465. The van der Waals surface area contributed by atoms with Gasteiger partial charge in [0.15, 0.2) is 5.82 Å². The first kappa shape index (κ1) is 12.3. The Morgan fingerprint density at radius 3 is 2.53 bits per heavy atom. The summed E-state index contributed by atoms with van der Waals surface area (Å²) in [6, 6.07) is 4.60. The molecule has 0 bridgehead atoms. The number of fused-ring (bicyclic) bond motifs is 1. The minimum Gasteiger partial charge on any atom is -0.386 e. The molecule has 1 aromatic heterocycles. The van der Waals surface area contributed by atoms with Gasteiger partial charge in [-0.2, -0.15) is 0 Å². The largest absolute Gasteiger partial charge is 0.386 e. The van der Waals surface area contributed by atoms with Gasteiger partial charge in [-0.05, 0) is 44.5 Å². The number of aryl methyl sites for hydroxylation is 1. The molecular formula is C13H13ClFNO. The van der Waals surface area contributed by atoms with Crippen LogP contribution in [0.5, 0.6) is 0 Å². The Morgan fingerprint density at radius 2 is 1.94 bits per heavy atom. The first-order valence-corrected chi connectivity index (χ1v) is 5.66. The van der Waals surface area contributed by atoms with Crippen LogP contribution in [0.25, 0.3) is 10.9 Å². The van der Waals surface area contributed by atoms with Crippen molar-refractivity contribution in [3.05, 3.63) is 40.3 Å². The van der Waals surface area contributed by atoms with Crippen molar-refractivity contribution in [1.29, 1.82) is 0 Å². The highest BCUT2D eigenvalue weighted by atomic mass is 35.5. The molecule has 2 nitrogen and oxygen atoms in total. The normalized spacial score (nSPS) is 12.1. The Morgan fingerprint density at radius 1 is 1.29 bits per heavy atom. The lowest BCUT2D eigenvalue weighted by Gasteiger charge is -2.20. The van der Waals surface area contributed by atoms with E-state index in [-0.39, 0.29) is 5.52 Å². The van der Waals surface area contributed by atoms with Gasteiger partial charge in [0.2, 0.25) is 0 Å². The van der Waals surface area contributed by atoms with Crippen molar-refractivity contribution in [3.63, 3.8) is 0 Å². The Balaban J connectivity index is 2.93. The molecule has 2 rings (SSSR count). The number of hydrogen-bond donors (Lipinski definition) is 1. The topological polar surface area (TPSA) is 33.1 Å². The average molecular weight is 254 g/mol. The van der Waals surface area contributed by atoms with E-state index in [0.29, 0.717) is 21.7 Å². The monoisotopic (exact) mass is 253 g/mol. The quantitative estimate of drug-likeness (QED) is 0.843. The molecule has 0 unspecified atom stereocenters. The fourth-order valence-electron chi connectivity index (χ4n) is 1.89. The molecular weight excluding hydrogens is 241 g/mol. The van der Waals surface area contributed by atoms with Crippen molar-refractivity contribution < 1.29 is 9.50 Å². The first-order chi connectivity index (χ1) is 7.79. The van der Waals surface area contributed by atoms with E-state index in [1.165, 1.54) is 6.07 Å². The van der Waals surface area contributed by atoms with Crippen LogP contribution in [0.4, 0.5) is 4.39 Å². The van der Waals surface area contributed by atoms with Crippen LogP contribution in [0.15, 0.2) is 18.2 Å². The highest BCUT2D eigenvalue weighted by Gasteiger charge is 2.21. The smallest absolute Gasteiger partial charge is 0.150 e. The third-order valence-corrected chi connectivity index (χ3v) is 2.84. The van der Waals surface area contributed by atoms with Crippen molar-refractivity contribution >= 4 is 22.5 Å². The highest BCUT2D eigenvalue weighted by Crippen LogP contribution is 2.31. The van der Waals surface area contributed by atoms with E-state index in [4.69, 9.17) is 11.6 Å². The van der Waals surface area contributed by atoms with Crippen molar-refractivity contribution in [2.75, 3.05) is 0 Å². The second kappa shape index (κ2) is 3.93. The zero-order chi connectivity index (χ0) is 12.8. The van der Waals surface area contributed by atoms with Gasteiger partial charge in [-0.3, -0.25) is 4.98 Å². The molecule has 0 saturated heterocycles. The molecule has 1 heterocycles. The molecule has 0 amide bonds. The molecule has 0 atom stereocenters. The molecule has 2 aromatic rings. The second-order valence-electron chi connectivity index (χ2n) is 4.65. The predicted molar refractivity (Wildman–Crippen MR) is 66.7 cm³/mol. The van der Waals surface area contributed by atoms with E-state index >= 15 is 0 Å². The number of aliphatic hydroxyl groups is 1. The number of halogens is 2. The summed E-state index contributed by atoms with van der Waals surface area (Å²) < 4.78 is 13.8. The molecule has 90 valence electrons. The van der Waals surface area contributed by atoms with Gasteiger partial charge in [0.05, 0.1) is 5.60 Å². The van der Waals surface area contributed by atoms with Crippen molar-refractivity contribution in [1.82, 2.24) is 4.98 Å². The van der Waals surface area contributed by atoms with E-state index in [0.717, 1.165) is 0 Å². The number of rotatable bonds is 1. The maximum absolute atomic E-state index is 13.8.